The summed E-state index contributed by atoms with van der Waals surface area (Å²) in [5.41, 5.74) is 0.104. The number of rotatable bonds is 6. The van der Waals surface area contributed by atoms with Gasteiger partial charge in [-0.2, -0.15) is 0 Å². The predicted molar refractivity (Wildman–Crippen MR) is 115 cm³/mol. The van der Waals surface area contributed by atoms with Crippen molar-refractivity contribution < 1.29 is 32.9 Å². The Bertz CT molecular complexity index is 997. The lowest BCUT2D eigenvalue weighted by Gasteiger charge is -2.49. The largest absolute Gasteiger partial charge is 0.461 e. The van der Waals surface area contributed by atoms with E-state index in [9.17, 15) is 23.4 Å². The van der Waals surface area contributed by atoms with Crippen LogP contribution in [0.15, 0.2) is 41.6 Å². The highest BCUT2D eigenvalue weighted by atomic mass is 32.2. The summed E-state index contributed by atoms with van der Waals surface area (Å²) >= 11 is 0. The van der Waals surface area contributed by atoms with Gasteiger partial charge >= 0.3 is 11.9 Å². The van der Waals surface area contributed by atoms with Crippen molar-refractivity contribution in [2.24, 2.45) is 0 Å². The fourth-order valence-electron chi connectivity index (χ4n) is 3.47. The first kappa shape index (κ1) is 23.6. The van der Waals surface area contributed by atoms with E-state index in [-0.39, 0.29) is 36.0 Å². The number of carbonyl (C=O) groups excluding carboxylic acids is 4. The normalized spacial score (nSPS) is 22.6. The third-order valence-corrected chi connectivity index (χ3v) is 6.43. The number of amides is 2. The number of carbonyl (C=O) groups is 4. The number of β-lactam (4-membered cyclic amide) rings is 1. The first-order valence-electron chi connectivity index (χ1n) is 10.1. The highest BCUT2D eigenvalue weighted by Crippen LogP contribution is 2.36. The first-order chi connectivity index (χ1) is 15.0. The topological polar surface area (TPSA) is 119 Å². The lowest BCUT2D eigenvalue weighted by atomic mass is 10.0. The van der Waals surface area contributed by atoms with E-state index in [0.717, 1.165) is 10.5 Å². The molecule has 1 N–H and O–H groups in total. The molecule has 32 heavy (non-hydrogen) atoms. The number of esters is 2. The van der Waals surface area contributed by atoms with Gasteiger partial charge in [0.1, 0.15) is 29.3 Å². The van der Waals surface area contributed by atoms with Crippen LogP contribution in [0.5, 0.6) is 0 Å². The Morgan fingerprint density at radius 2 is 1.84 bits per heavy atom. The Balaban J connectivity index is 1.82. The summed E-state index contributed by atoms with van der Waals surface area (Å²) in [6, 6.07) is 8.00. The predicted octanol–water partition coefficient (Wildman–Crippen LogP) is 0.803. The van der Waals surface area contributed by atoms with Crippen molar-refractivity contribution in [3.8, 4) is 0 Å². The average molecular weight is 463 g/mol. The summed E-state index contributed by atoms with van der Waals surface area (Å²) in [5.74, 6) is -2.38. The minimum absolute atomic E-state index is 0.0659. The van der Waals surface area contributed by atoms with Gasteiger partial charge < -0.3 is 14.8 Å². The van der Waals surface area contributed by atoms with Gasteiger partial charge in [-0.15, -0.1) is 0 Å². The standard InChI is InChI=1S/C22H26N2O7S/c1-13(25)30-11-15-12-32(29)20-17(23-16(26)10-14-8-6-5-7-9-14)19(27)24(20)18(15)21(28)31-22(2,3)4/h5-9,17,20H,10-12H2,1-4H3,(H,23,26)/t17-,20-,32+/m1/s1. The van der Waals surface area contributed by atoms with Crippen LogP contribution in [0.3, 0.4) is 0 Å². The van der Waals surface area contributed by atoms with Crippen molar-refractivity contribution in [2.45, 2.75) is 51.1 Å². The maximum absolute atomic E-state index is 12.9. The molecule has 1 aromatic carbocycles. The second kappa shape index (κ2) is 9.23. The van der Waals surface area contributed by atoms with E-state index >= 15 is 0 Å². The van der Waals surface area contributed by atoms with Crippen molar-refractivity contribution >= 4 is 34.6 Å². The second-order valence-corrected chi connectivity index (χ2v) is 10.1. The summed E-state index contributed by atoms with van der Waals surface area (Å²) in [5, 5.41) is 1.74. The van der Waals surface area contributed by atoms with Gasteiger partial charge in [0.15, 0.2) is 0 Å². The lowest BCUT2D eigenvalue weighted by Crippen LogP contribution is -2.74. The number of hydrogen-bond donors (Lipinski definition) is 1. The molecule has 10 heteroatoms. The molecule has 0 aromatic heterocycles. The summed E-state index contributed by atoms with van der Waals surface area (Å²) in [6.07, 6.45) is 0.0659. The third-order valence-electron chi connectivity index (χ3n) is 4.77. The molecule has 1 saturated heterocycles. The molecule has 3 rings (SSSR count). The molecule has 3 atom stereocenters. The molecule has 0 aliphatic carbocycles. The van der Waals surface area contributed by atoms with Crippen LogP contribution >= 0.6 is 0 Å². The number of nitrogens with zero attached hydrogens (tertiary/aromatic N) is 1. The maximum Gasteiger partial charge on any atom is 0.355 e. The number of hydrogen-bond acceptors (Lipinski definition) is 7. The molecule has 0 spiro atoms. The van der Waals surface area contributed by atoms with Crippen molar-refractivity contribution in [2.75, 3.05) is 12.4 Å². The number of fused-ring (bicyclic) bond motifs is 1. The molecule has 0 radical (unpaired) electrons. The van der Waals surface area contributed by atoms with Crippen LogP contribution in [0.1, 0.15) is 33.3 Å². The minimum atomic E-state index is -1.61. The molecule has 0 unspecified atom stereocenters. The zero-order valence-electron chi connectivity index (χ0n) is 18.4. The van der Waals surface area contributed by atoms with Crippen LogP contribution in [0.4, 0.5) is 0 Å². The Morgan fingerprint density at radius 1 is 1.19 bits per heavy atom. The van der Waals surface area contributed by atoms with E-state index in [1.165, 1.54) is 6.92 Å². The SMILES string of the molecule is CC(=O)OCC1=C(C(=O)OC(C)(C)C)N2C(=O)[C@@H](NC(=O)Cc3ccccc3)[C@H]2[S@@](=O)C1. The van der Waals surface area contributed by atoms with Crippen LogP contribution in [0, 0.1) is 0 Å². The summed E-state index contributed by atoms with van der Waals surface area (Å²) < 4.78 is 23.3. The first-order valence-corrected chi connectivity index (χ1v) is 11.5. The van der Waals surface area contributed by atoms with E-state index in [1.807, 2.05) is 6.07 Å². The van der Waals surface area contributed by atoms with Gasteiger partial charge in [0.25, 0.3) is 5.91 Å². The molecule has 0 saturated carbocycles. The van der Waals surface area contributed by atoms with Crippen molar-refractivity contribution in [3.05, 3.63) is 47.2 Å². The summed E-state index contributed by atoms with van der Waals surface area (Å²) in [7, 11) is -1.61. The van der Waals surface area contributed by atoms with Crippen LogP contribution in [0.25, 0.3) is 0 Å². The third kappa shape index (κ3) is 5.24. The monoisotopic (exact) mass is 462 g/mol. The van der Waals surface area contributed by atoms with Gasteiger partial charge in [0.05, 0.1) is 23.0 Å². The maximum atomic E-state index is 12.9. The van der Waals surface area contributed by atoms with Gasteiger partial charge in [0.2, 0.25) is 5.91 Å². The Kier molecular flexibility index (Phi) is 6.82. The van der Waals surface area contributed by atoms with E-state index in [2.05, 4.69) is 5.32 Å². The van der Waals surface area contributed by atoms with E-state index < -0.39 is 45.7 Å². The molecule has 2 heterocycles. The van der Waals surface area contributed by atoms with Gasteiger partial charge in [-0.3, -0.25) is 23.5 Å². The number of benzene rings is 1. The average Bonchev–Trinajstić information content (AvgIpc) is 2.69. The lowest BCUT2D eigenvalue weighted by molar-refractivity contribution is -0.159. The molecular formula is C22H26N2O7S. The highest BCUT2D eigenvalue weighted by Gasteiger charge is 2.57. The molecule has 2 amide bonds. The van der Waals surface area contributed by atoms with Crippen molar-refractivity contribution in [3.63, 3.8) is 0 Å². The molecule has 2 aliphatic rings. The minimum Gasteiger partial charge on any atom is -0.461 e. The van der Waals surface area contributed by atoms with Gasteiger partial charge in [-0.25, -0.2) is 4.79 Å². The highest BCUT2D eigenvalue weighted by molar-refractivity contribution is 7.86. The molecule has 1 aromatic rings. The van der Waals surface area contributed by atoms with E-state index in [4.69, 9.17) is 9.47 Å². The van der Waals surface area contributed by atoms with Gasteiger partial charge in [-0.05, 0) is 26.3 Å². The van der Waals surface area contributed by atoms with Crippen LogP contribution in [0.2, 0.25) is 0 Å². The van der Waals surface area contributed by atoms with Crippen molar-refractivity contribution in [1.29, 1.82) is 0 Å². The zero-order chi connectivity index (χ0) is 23.6. The smallest absolute Gasteiger partial charge is 0.355 e. The summed E-state index contributed by atoms with van der Waals surface area (Å²) in [6.45, 7) is 5.97. The molecule has 1 fully saturated rings. The second-order valence-electron chi connectivity index (χ2n) is 8.57. The Labute approximate surface area is 188 Å². The zero-order valence-corrected chi connectivity index (χ0v) is 19.2. The Morgan fingerprint density at radius 3 is 2.44 bits per heavy atom. The van der Waals surface area contributed by atoms with Crippen LogP contribution < -0.4 is 5.32 Å². The summed E-state index contributed by atoms with van der Waals surface area (Å²) in [4.78, 5) is 50.6. The Hall–Kier alpha value is -3.01. The quantitative estimate of drug-likeness (QED) is 0.491. The van der Waals surface area contributed by atoms with Crippen LogP contribution in [-0.2, 0) is 45.9 Å². The molecule has 2 aliphatic heterocycles. The fourth-order valence-corrected chi connectivity index (χ4v) is 5.14. The van der Waals surface area contributed by atoms with Gasteiger partial charge in [-0.1, -0.05) is 30.3 Å². The van der Waals surface area contributed by atoms with Crippen LogP contribution in [-0.4, -0.2) is 62.2 Å². The molecular weight excluding hydrogens is 436 g/mol. The number of ether oxygens (including phenoxy) is 2. The van der Waals surface area contributed by atoms with Gasteiger partial charge in [0, 0.05) is 12.5 Å². The molecule has 172 valence electrons. The molecule has 0 bridgehead atoms. The fraction of sp³-hybridized carbons (Fsp3) is 0.455. The van der Waals surface area contributed by atoms with Crippen molar-refractivity contribution in [1.82, 2.24) is 10.2 Å². The van der Waals surface area contributed by atoms with E-state index in [1.54, 1.807) is 45.0 Å². The van der Waals surface area contributed by atoms with E-state index in [0.29, 0.717) is 0 Å². The molecule has 9 nitrogen and oxygen atoms in total. The number of nitrogens with one attached hydrogen (secondary N) is 1.